The molecule has 1 amide bonds. The molecule has 4 fully saturated rings. The number of para-hydroxylation sites is 1. The topological polar surface area (TPSA) is 75.0 Å². The molecular weight excluding hydrogens is 288 g/mol. The van der Waals surface area contributed by atoms with Crippen LogP contribution in [0.4, 0.5) is 0 Å². The fourth-order valence-corrected chi connectivity index (χ4v) is 4.79. The second-order valence-corrected chi connectivity index (χ2v) is 7.51. The second-order valence-electron chi connectivity index (χ2n) is 7.51. The van der Waals surface area contributed by atoms with E-state index in [1.807, 2.05) is 12.1 Å². The quantitative estimate of drug-likeness (QED) is 0.914. The van der Waals surface area contributed by atoms with Gasteiger partial charge in [0.05, 0.1) is 16.6 Å². The maximum absolute atomic E-state index is 11.7. The third kappa shape index (κ3) is 1.89. The van der Waals surface area contributed by atoms with Crippen LogP contribution < -0.4 is 5.73 Å². The number of piperidine rings is 2. The van der Waals surface area contributed by atoms with Crippen LogP contribution in [0.15, 0.2) is 18.2 Å². The number of nitrogens with zero attached hydrogens (tertiary/aromatic N) is 2. The lowest BCUT2D eigenvalue weighted by Gasteiger charge is -2.54. The van der Waals surface area contributed by atoms with E-state index in [-0.39, 0.29) is 5.54 Å². The van der Waals surface area contributed by atoms with Gasteiger partial charge in [-0.2, -0.15) is 0 Å². The van der Waals surface area contributed by atoms with Crippen molar-refractivity contribution in [2.75, 3.05) is 6.54 Å². The molecule has 2 bridgehead atoms. The largest absolute Gasteiger partial charge is 0.366 e. The highest BCUT2D eigenvalue weighted by Crippen LogP contribution is 2.52. The minimum absolute atomic E-state index is 0.0455. The number of rotatable bonds is 3. The second kappa shape index (κ2) is 4.57. The van der Waals surface area contributed by atoms with E-state index in [4.69, 9.17) is 10.7 Å². The lowest BCUT2D eigenvalue weighted by Crippen LogP contribution is -2.57. The molecule has 5 nitrogen and oxygen atoms in total. The Labute approximate surface area is 135 Å². The monoisotopic (exact) mass is 310 g/mol. The minimum Gasteiger partial charge on any atom is -0.366 e. The number of amides is 1. The number of primary amides is 1. The van der Waals surface area contributed by atoms with Gasteiger partial charge in [-0.05, 0) is 56.6 Å². The highest BCUT2D eigenvalue weighted by Gasteiger charge is 2.53. The van der Waals surface area contributed by atoms with Crippen LogP contribution in [-0.2, 0) is 5.54 Å². The summed E-state index contributed by atoms with van der Waals surface area (Å²) in [7, 11) is 0. The predicted molar refractivity (Wildman–Crippen MR) is 88.0 cm³/mol. The first kappa shape index (κ1) is 13.5. The number of fused-ring (bicyclic) bond motifs is 4. The molecule has 3 N–H and O–H groups in total. The number of nitrogens with one attached hydrogen (secondary N) is 1. The molecule has 0 radical (unpaired) electrons. The van der Waals surface area contributed by atoms with Crippen LogP contribution >= 0.6 is 0 Å². The third-order valence-corrected chi connectivity index (χ3v) is 6.14. The van der Waals surface area contributed by atoms with Gasteiger partial charge in [0.15, 0.2) is 0 Å². The van der Waals surface area contributed by atoms with E-state index in [0.29, 0.717) is 5.56 Å². The number of hydrogen-bond acceptors (Lipinski definition) is 3. The average molecular weight is 310 g/mol. The molecule has 1 aromatic heterocycles. The summed E-state index contributed by atoms with van der Waals surface area (Å²) in [6.45, 7) is 1.21. The van der Waals surface area contributed by atoms with E-state index in [2.05, 4.69) is 9.88 Å². The average Bonchev–Trinajstić information content (AvgIpc) is 3.32. The van der Waals surface area contributed by atoms with Crippen LogP contribution in [-0.4, -0.2) is 33.4 Å². The molecule has 0 spiro atoms. The van der Waals surface area contributed by atoms with Crippen LogP contribution in [0, 0.1) is 5.92 Å². The van der Waals surface area contributed by atoms with Gasteiger partial charge in [0.25, 0.3) is 5.91 Å². The van der Waals surface area contributed by atoms with Crippen molar-refractivity contribution < 1.29 is 4.79 Å². The summed E-state index contributed by atoms with van der Waals surface area (Å²) in [6, 6.07) is 6.37. The van der Waals surface area contributed by atoms with Crippen LogP contribution in [0.25, 0.3) is 11.0 Å². The highest BCUT2D eigenvalue weighted by molar-refractivity contribution is 6.04. The van der Waals surface area contributed by atoms with Gasteiger partial charge in [-0.15, -0.1) is 0 Å². The first-order valence-corrected chi connectivity index (χ1v) is 8.73. The number of carbonyl (C=O) groups excluding carboxylic acids is 1. The summed E-state index contributed by atoms with van der Waals surface area (Å²) in [5, 5.41) is 0. The normalized spacial score (nSPS) is 30.9. The molecule has 120 valence electrons. The van der Waals surface area contributed by atoms with Crippen molar-refractivity contribution in [1.82, 2.24) is 14.9 Å². The number of benzene rings is 1. The van der Waals surface area contributed by atoms with Crippen molar-refractivity contribution in [3.05, 3.63) is 29.6 Å². The SMILES string of the molecule is NC(=O)c1cccc2[nH]c(C34CCC(CC3)CN4C3CC3)nc12. The summed E-state index contributed by atoms with van der Waals surface area (Å²) in [5.74, 6) is 1.51. The Morgan fingerprint density at radius 2 is 2.04 bits per heavy atom. The molecule has 6 rings (SSSR count). The smallest absolute Gasteiger partial charge is 0.250 e. The predicted octanol–water partition coefficient (Wildman–Crippen LogP) is 2.53. The zero-order valence-electron chi connectivity index (χ0n) is 13.2. The van der Waals surface area contributed by atoms with Crippen LogP contribution in [0.3, 0.4) is 0 Å². The Balaban J connectivity index is 1.66. The number of carbonyl (C=O) groups is 1. The zero-order chi connectivity index (χ0) is 15.6. The van der Waals surface area contributed by atoms with Crippen molar-refractivity contribution in [2.45, 2.75) is 50.1 Å². The van der Waals surface area contributed by atoms with Gasteiger partial charge in [-0.25, -0.2) is 4.98 Å². The van der Waals surface area contributed by atoms with Crippen molar-refractivity contribution in [3.63, 3.8) is 0 Å². The van der Waals surface area contributed by atoms with E-state index in [1.165, 1.54) is 45.1 Å². The van der Waals surface area contributed by atoms with Gasteiger partial charge in [-0.1, -0.05) is 6.07 Å². The molecule has 2 saturated heterocycles. The van der Waals surface area contributed by atoms with E-state index >= 15 is 0 Å². The molecule has 4 aliphatic rings. The van der Waals surface area contributed by atoms with Crippen LogP contribution in [0.1, 0.15) is 54.7 Å². The standard InChI is InChI=1S/C18H22N4O/c19-16(23)13-2-1-3-14-15(13)21-17(20-14)18-8-6-11(7-9-18)10-22(18)12-4-5-12/h1-3,11-12H,4-10H2,(H2,19,23)(H,20,21). The fourth-order valence-electron chi connectivity index (χ4n) is 4.79. The van der Waals surface area contributed by atoms with Gasteiger partial charge in [0.2, 0.25) is 0 Å². The number of aromatic nitrogens is 2. The molecule has 2 aliphatic carbocycles. The number of nitrogens with two attached hydrogens (primary N) is 1. The molecule has 23 heavy (non-hydrogen) atoms. The Kier molecular flexibility index (Phi) is 2.69. The molecule has 5 heteroatoms. The van der Waals surface area contributed by atoms with Gasteiger partial charge < -0.3 is 10.7 Å². The zero-order valence-corrected chi connectivity index (χ0v) is 13.2. The summed E-state index contributed by atoms with van der Waals surface area (Å²) in [5.41, 5.74) is 7.74. The fraction of sp³-hybridized carbons (Fsp3) is 0.556. The Bertz CT molecular complexity index is 783. The molecule has 2 saturated carbocycles. The van der Waals surface area contributed by atoms with E-state index in [0.717, 1.165) is 28.8 Å². The summed E-state index contributed by atoms with van der Waals surface area (Å²) >= 11 is 0. The number of aromatic amines is 1. The van der Waals surface area contributed by atoms with Crippen molar-refractivity contribution in [1.29, 1.82) is 0 Å². The molecule has 3 heterocycles. The summed E-state index contributed by atoms with van der Waals surface area (Å²) in [4.78, 5) is 22.8. The molecular formula is C18H22N4O. The molecule has 1 aromatic carbocycles. The number of imidazole rings is 1. The maximum atomic E-state index is 11.7. The highest BCUT2D eigenvalue weighted by atomic mass is 16.1. The Hall–Kier alpha value is -1.88. The lowest BCUT2D eigenvalue weighted by atomic mass is 9.70. The van der Waals surface area contributed by atoms with E-state index < -0.39 is 5.91 Å². The van der Waals surface area contributed by atoms with Crippen molar-refractivity contribution in [3.8, 4) is 0 Å². The molecule has 2 aromatic rings. The van der Waals surface area contributed by atoms with E-state index in [9.17, 15) is 4.79 Å². The maximum Gasteiger partial charge on any atom is 0.250 e. The molecule has 2 aliphatic heterocycles. The van der Waals surface area contributed by atoms with Crippen LogP contribution in [0.5, 0.6) is 0 Å². The first-order valence-electron chi connectivity index (χ1n) is 8.73. The van der Waals surface area contributed by atoms with Gasteiger partial charge in [0, 0.05) is 12.6 Å². The summed E-state index contributed by atoms with van der Waals surface area (Å²) in [6.07, 6.45) is 7.59. The Morgan fingerprint density at radius 3 is 2.74 bits per heavy atom. The Morgan fingerprint density at radius 1 is 1.26 bits per heavy atom. The van der Waals surface area contributed by atoms with Crippen molar-refractivity contribution in [2.24, 2.45) is 11.7 Å². The summed E-state index contributed by atoms with van der Waals surface area (Å²) < 4.78 is 0. The molecule has 0 unspecified atom stereocenters. The third-order valence-electron chi connectivity index (χ3n) is 6.14. The first-order chi connectivity index (χ1) is 11.2. The van der Waals surface area contributed by atoms with Crippen LogP contribution in [0.2, 0.25) is 0 Å². The van der Waals surface area contributed by atoms with Gasteiger partial charge >= 0.3 is 0 Å². The molecule has 0 atom stereocenters. The van der Waals surface area contributed by atoms with Gasteiger partial charge in [0.1, 0.15) is 11.3 Å². The van der Waals surface area contributed by atoms with Gasteiger partial charge in [-0.3, -0.25) is 9.69 Å². The number of H-pyrrole nitrogens is 1. The minimum atomic E-state index is -0.405. The number of hydrogen-bond donors (Lipinski definition) is 2. The lowest BCUT2D eigenvalue weighted by molar-refractivity contribution is -0.0503. The van der Waals surface area contributed by atoms with E-state index in [1.54, 1.807) is 6.07 Å². The van der Waals surface area contributed by atoms with Crippen molar-refractivity contribution >= 4 is 16.9 Å².